The molecular formula is C25H33NO5S. The van der Waals surface area contributed by atoms with E-state index in [9.17, 15) is 18.3 Å². The van der Waals surface area contributed by atoms with Crippen LogP contribution in [0.25, 0.3) is 0 Å². The number of rotatable bonds is 7. The molecule has 4 atom stereocenters. The molecule has 174 valence electrons. The molecule has 0 aliphatic heterocycles. The molecule has 0 bridgehead atoms. The van der Waals surface area contributed by atoms with Gasteiger partial charge in [0, 0.05) is 5.92 Å². The van der Waals surface area contributed by atoms with Gasteiger partial charge in [0.25, 0.3) is 0 Å². The largest absolute Gasteiger partial charge is 0.459 e. The highest BCUT2D eigenvalue weighted by Gasteiger charge is 2.42. The van der Waals surface area contributed by atoms with Crippen molar-refractivity contribution in [3.05, 3.63) is 65.7 Å². The summed E-state index contributed by atoms with van der Waals surface area (Å²) in [7, 11) is -4.06. The molecule has 3 rings (SSSR count). The number of carbonyl (C=O) groups is 1. The van der Waals surface area contributed by atoms with Gasteiger partial charge in [-0.2, -0.15) is 4.72 Å². The third-order valence-electron chi connectivity index (χ3n) is 6.59. The number of carbonyl (C=O) groups excluding carboxylic acids is 1. The van der Waals surface area contributed by atoms with Gasteiger partial charge in [0.15, 0.2) is 0 Å². The Hall–Kier alpha value is -2.22. The van der Waals surface area contributed by atoms with Crippen molar-refractivity contribution in [1.82, 2.24) is 4.72 Å². The fourth-order valence-corrected chi connectivity index (χ4v) is 5.58. The highest BCUT2D eigenvalue weighted by molar-refractivity contribution is 7.89. The average molecular weight is 460 g/mol. The summed E-state index contributed by atoms with van der Waals surface area (Å²) in [6, 6.07) is 16.3. The molecule has 1 aliphatic rings. The van der Waals surface area contributed by atoms with Crippen LogP contribution >= 0.6 is 0 Å². The Labute approximate surface area is 191 Å². The summed E-state index contributed by atoms with van der Waals surface area (Å²) in [6.45, 7) is 8.23. The lowest BCUT2D eigenvalue weighted by atomic mass is 9.64. The summed E-state index contributed by atoms with van der Waals surface area (Å²) in [5.74, 6) is -0.559. The van der Waals surface area contributed by atoms with Gasteiger partial charge < -0.3 is 9.84 Å². The second kappa shape index (κ2) is 9.73. The number of aliphatic hydroxyl groups excluding tert-OH is 1. The van der Waals surface area contributed by atoms with E-state index in [0.717, 1.165) is 24.0 Å². The molecule has 2 aromatic rings. The van der Waals surface area contributed by atoms with Gasteiger partial charge in [-0.1, -0.05) is 75.2 Å². The molecule has 0 saturated heterocycles. The highest BCUT2D eigenvalue weighted by atomic mass is 32.2. The molecule has 7 heteroatoms. The Bertz CT molecular complexity index is 1020. The lowest BCUT2D eigenvalue weighted by molar-refractivity contribution is -0.167. The Kier molecular flexibility index (Phi) is 7.43. The monoisotopic (exact) mass is 459 g/mol. The summed E-state index contributed by atoms with van der Waals surface area (Å²) < 4.78 is 32.8. The molecule has 1 unspecified atom stereocenters. The van der Waals surface area contributed by atoms with Crippen molar-refractivity contribution in [3.63, 3.8) is 0 Å². The number of ether oxygens (including phenoxy) is 1. The summed E-state index contributed by atoms with van der Waals surface area (Å²) in [4.78, 5) is 12.7. The molecule has 2 N–H and O–H groups in total. The predicted octanol–water partition coefficient (Wildman–Crippen LogP) is 3.92. The van der Waals surface area contributed by atoms with Gasteiger partial charge in [-0.3, -0.25) is 0 Å². The molecule has 0 amide bonds. The second-order valence-corrected chi connectivity index (χ2v) is 11.1. The number of aryl methyl sites for hydroxylation is 1. The molecule has 1 aliphatic carbocycles. The van der Waals surface area contributed by atoms with Crippen molar-refractivity contribution in [3.8, 4) is 0 Å². The number of esters is 1. The fraction of sp³-hybridized carbons (Fsp3) is 0.480. The SMILES string of the molecule is Cc1ccc(S(=O)(=O)NC(O)C(=O)O[C@@H]2C[C@H](C)CC[C@H]2C(C)(C)c2ccccc2)cc1. The third-order valence-corrected chi connectivity index (χ3v) is 8.01. The number of hydrogen-bond acceptors (Lipinski definition) is 5. The molecule has 2 aromatic carbocycles. The second-order valence-electron chi connectivity index (χ2n) is 9.42. The molecule has 0 heterocycles. The number of nitrogens with one attached hydrogen (secondary N) is 1. The van der Waals surface area contributed by atoms with Crippen molar-refractivity contribution in [2.75, 3.05) is 0 Å². The van der Waals surface area contributed by atoms with Crippen molar-refractivity contribution in [2.24, 2.45) is 11.8 Å². The number of benzene rings is 2. The Morgan fingerprint density at radius 2 is 1.72 bits per heavy atom. The van der Waals surface area contributed by atoms with Gasteiger partial charge in [-0.05, 0) is 48.8 Å². The van der Waals surface area contributed by atoms with Gasteiger partial charge in [-0.15, -0.1) is 0 Å². The average Bonchev–Trinajstić information content (AvgIpc) is 2.74. The third kappa shape index (κ3) is 5.57. The Morgan fingerprint density at radius 3 is 2.34 bits per heavy atom. The first-order valence-corrected chi connectivity index (χ1v) is 12.5. The lowest BCUT2D eigenvalue weighted by Crippen LogP contribution is -2.47. The molecule has 0 spiro atoms. The first-order valence-electron chi connectivity index (χ1n) is 11.0. The fourth-order valence-electron chi connectivity index (χ4n) is 4.56. The van der Waals surface area contributed by atoms with Crippen molar-refractivity contribution in [1.29, 1.82) is 0 Å². The zero-order chi connectivity index (χ0) is 23.5. The van der Waals surface area contributed by atoms with Crippen LogP contribution in [0.3, 0.4) is 0 Å². The summed E-state index contributed by atoms with van der Waals surface area (Å²) >= 11 is 0. The van der Waals surface area contributed by atoms with Crippen molar-refractivity contribution < 1.29 is 23.1 Å². The van der Waals surface area contributed by atoms with E-state index >= 15 is 0 Å². The normalized spacial score (nSPS) is 22.8. The minimum absolute atomic E-state index is 0.0238. The number of sulfonamides is 1. The maximum Gasteiger partial charge on any atom is 0.351 e. The summed E-state index contributed by atoms with van der Waals surface area (Å²) in [6.07, 6.45) is 0.187. The molecular weight excluding hydrogens is 426 g/mol. The van der Waals surface area contributed by atoms with Crippen LogP contribution in [0, 0.1) is 18.8 Å². The minimum Gasteiger partial charge on any atom is -0.459 e. The van der Waals surface area contributed by atoms with Crippen LogP contribution in [-0.2, 0) is 25.0 Å². The smallest absolute Gasteiger partial charge is 0.351 e. The van der Waals surface area contributed by atoms with E-state index in [-0.39, 0.29) is 16.2 Å². The van der Waals surface area contributed by atoms with Gasteiger partial charge in [-0.25, -0.2) is 13.2 Å². The van der Waals surface area contributed by atoms with Crippen LogP contribution < -0.4 is 4.72 Å². The zero-order valence-corrected chi connectivity index (χ0v) is 19.9. The van der Waals surface area contributed by atoms with Crippen LogP contribution in [0.4, 0.5) is 0 Å². The van der Waals surface area contributed by atoms with E-state index in [1.165, 1.54) is 12.1 Å². The lowest BCUT2D eigenvalue weighted by Gasteiger charge is -2.44. The first kappa shape index (κ1) is 24.4. The van der Waals surface area contributed by atoms with Gasteiger partial charge in [0.2, 0.25) is 16.3 Å². The molecule has 0 radical (unpaired) electrons. The van der Waals surface area contributed by atoms with E-state index in [1.54, 1.807) is 12.1 Å². The summed E-state index contributed by atoms with van der Waals surface area (Å²) in [5.41, 5.74) is 1.81. The minimum atomic E-state index is -4.06. The molecule has 32 heavy (non-hydrogen) atoms. The topological polar surface area (TPSA) is 92.7 Å². The van der Waals surface area contributed by atoms with Crippen molar-refractivity contribution >= 4 is 16.0 Å². The molecule has 1 fully saturated rings. The number of hydrogen-bond donors (Lipinski definition) is 2. The predicted molar refractivity (Wildman–Crippen MR) is 123 cm³/mol. The van der Waals surface area contributed by atoms with Crippen LogP contribution in [0.15, 0.2) is 59.5 Å². The standard InChI is InChI=1S/C25H33NO5S/c1-17-10-13-20(14-11-17)32(29,30)26-23(27)24(28)31-22-16-18(2)12-15-21(22)25(3,4)19-8-6-5-7-9-19/h5-11,13-14,18,21-23,26-27H,12,15-16H2,1-4H3/t18-,21-,22-,23?/m1/s1. The van der Waals surface area contributed by atoms with Crippen LogP contribution in [-0.4, -0.2) is 31.8 Å². The maximum absolute atomic E-state index is 12.7. The Morgan fingerprint density at radius 1 is 1.09 bits per heavy atom. The molecule has 1 saturated carbocycles. The van der Waals surface area contributed by atoms with E-state index in [2.05, 4.69) is 32.9 Å². The van der Waals surface area contributed by atoms with Gasteiger partial charge >= 0.3 is 5.97 Å². The van der Waals surface area contributed by atoms with E-state index in [1.807, 2.05) is 29.8 Å². The molecule has 0 aromatic heterocycles. The van der Waals surface area contributed by atoms with Crippen molar-refractivity contribution in [2.45, 2.75) is 69.6 Å². The Balaban J connectivity index is 1.74. The highest BCUT2D eigenvalue weighted by Crippen LogP contribution is 2.43. The van der Waals surface area contributed by atoms with E-state index < -0.39 is 28.3 Å². The number of aliphatic hydroxyl groups is 1. The zero-order valence-electron chi connectivity index (χ0n) is 19.1. The summed E-state index contributed by atoms with van der Waals surface area (Å²) in [5, 5.41) is 10.3. The quantitative estimate of drug-likeness (QED) is 0.484. The van der Waals surface area contributed by atoms with Crippen LogP contribution in [0.5, 0.6) is 0 Å². The van der Waals surface area contributed by atoms with Gasteiger partial charge in [0.05, 0.1) is 4.90 Å². The first-order chi connectivity index (χ1) is 15.0. The van der Waals surface area contributed by atoms with E-state index in [0.29, 0.717) is 12.3 Å². The maximum atomic E-state index is 12.7. The van der Waals surface area contributed by atoms with Gasteiger partial charge in [0.1, 0.15) is 6.10 Å². The van der Waals surface area contributed by atoms with Crippen LogP contribution in [0.1, 0.15) is 51.2 Å². The van der Waals surface area contributed by atoms with E-state index in [4.69, 9.17) is 4.74 Å². The molecule has 6 nitrogen and oxygen atoms in total. The van der Waals surface area contributed by atoms with Crippen LogP contribution in [0.2, 0.25) is 0 Å².